The van der Waals surface area contributed by atoms with Gasteiger partial charge in [0.25, 0.3) is 0 Å². The topological polar surface area (TPSA) is 72.0 Å². The van der Waals surface area contributed by atoms with Gasteiger partial charge in [-0.2, -0.15) is 0 Å². The highest BCUT2D eigenvalue weighted by atomic mass is 35.5. The molecule has 2 aromatic rings. The maximum atomic E-state index is 7.43. The van der Waals surface area contributed by atoms with Crippen molar-refractivity contribution in [2.75, 3.05) is 0 Å². The minimum absolute atomic E-state index is 0. The van der Waals surface area contributed by atoms with E-state index in [2.05, 4.69) is 4.98 Å². The Hall–Kier alpha value is -1.49. The second-order valence-corrected chi connectivity index (χ2v) is 4.29. The first-order valence-electron chi connectivity index (χ1n) is 5.00. The molecule has 1 aromatic heterocycles. The van der Waals surface area contributed by atoms with E-state index in [9.17, 15) is 0 Å². The van der Waals surface area contributed by atoms with Gasteiger partial charge in [-0.25, -0.2) is 4.98 Å². The minimum Gasteiger partial charge on any atom is -0.437 e. The maximum absolute atomic E-state index is 7.43. The molecular weight excluding hydrogens is 309 g/mol. The summed E-state index contributed by atoms with van der Waals surface area (Å²) in [5, 5.41) is 8.31. The van der Waals surface area contributed by atoms with Gasteiger partial charge in [-0.3, -0.25) is 5.41 Å². The fraction of sp³-hybridized carbons (Fsp3) is 0. The zero-order valence-corrected chi connectivity index (χ0v) is 11.9. The third-order valence-electron chi connectivity index (χ3n) is 2.16. The number of aromatic nitrogens is 1. The molecule has 0 aliphatic heterocycles. The molecule has 1 heterocycles. The number of ether oxygens (including phenoxy) is 1. The van der Waals surface area contributed by atoms with Crippen molar-refractivity contribution in [3.05, 3.63) is 52.1 Å². The number of rotatable bonds is 3. The number of hydrogen-bond donors (Lipinski definition) is 2. The molecule has 0 radical (unpaired) electrons. The molecule has 0 saturated carbocycles. The van der Waals surface area contributed by atoms with Gasteiger partial charge in [-0.05, 0) is 30.3 Å². The summed E-state index contributed by atoms with van der Waals surface area (Å²) in [7, 11) is 0. The van der Waals surface area contributed by atoms with Gasteiger partial charge in [-0.15, -0.1) is 12.4 Å². The molecule has 2 rings (SSSR count). The lowest BCUT2D eigenvalue weighted by Crippen LogP contribution is -2.12. The highest BCUT2D eigenvalue weighted by Crippen LogP contribution is 2.31. The average Bonchev–Trinajstić information content (AvgIpc) is 2.33. The van der Waals surface area contributed by atoms with E-state index in [4.69, 9.17) is 39.1 Å². The summed E-state index contributed by atoms with van der Waals surface area (Å²) < 4.78 is 5.53. The first-order valence-corrected chi connectivity index (χ1v) is 5.76. The number of nitrogens with one attached hydrogen (secondary N) is 1. The molecule has 0 bridgehead atoms. The molecule has 4 nitrogen and oxygen atoms in total. The van der Waals surface area contributed by atoms with Crippen LogP contribution >= 0.6 is 35.6 Å². The van der Waals surface area contributed by atoms with Crippen LogP contribution in [0.4, 0.5) is 0 Å². The van der Waals surface area contributed by atoms with Crippen LogP contribution in [-0.4, -0.2) is 10.8 Å². The van der Waals surface area contributed by atoms with Crippen molar-refractivity contribution in [3.63, 3.8) is 0 Å². The molecule has 100 valence electrons. The van der Waals surface area contributed by atoms with Gasteiger partial charge in [0.15, 0.2) is 0 Å². The lowest BCUT2D eigenvalue weighted by molar-refractivity contribution is 0.462. The van der Waals surface area contributed by atoms with Crippen LogP contribution in [0.5, 0.6) is 11.6 Å². The molecule has 1 aromatic carbocycles. The molecule has 0 amide bonds. The summed E-state index contributed by atoms with van der Waals surface area (Å²) in [6.45, 7) is 0. The van der Waals surface area contributed by atoms with Crippen LogP contribution in [0.3, 0.4) is 0 Å². The number of nitrogens with zero attached hydrogens (tertiary/aromatic N) is 1. The molecule has 0 unspecified atom stereocenters. The van der Waals surface area contributed by atoms with Crippen LogP contribution < -0.4 is 10.5 Å². The Balaban J connectivity index is 0.00000180. The summed E-state index contributed by atoms with van der Waals surface area (Å²) in [5.74, 6) is 0.514. The SMILES string of the molecule is Cl.N=C(N)c1cccnc1Oc1ccc(Cl)cc1Cl. The third kappa shape index (κ3) is 3.73. The fourth-order valence-corrected chi connectivity index (χ4v) is 1.79. The summed E-state index contributed by atoms with van der Waals surface area (Å²) in [6.07, 6.45) is 1.55. The van der Waals surface area contributed by atoms with Crippen LogP contribution in [0.25, 0.3) is 0 Å². The van der Waals surface area contributed by atoms with Crippen LogP contribution in [0, 0.1) is 5.41 Å². The molecular formula is C12H10Cl3N3O. The van der Waals surface area contributed by atoms with Crippen molar-refractivity contribution >= 4 is 41.4 Å². The Morgan fingerprint density at radius 3 is 2.63 bits per heavy atom. The Kier molecular flexibility index (Phi) is 5.42. The second kappa shape index (κ2) is 6.61. The molecule has 0 aliphatic rings. The van der Waals surface area contributed by atoms with Crippen LogP contribution in [0.1, 0.15) is 5.56 Å². The molecule has 0 aliphatic carbocycles. The molecule has 0 spiro atoms. The van der Waals surface area contributed by atoms with E-state index in [1.165, 1.54) is 0 Å². The van der Waals surface area contributed by atoms with Gasteiger partial charge in [0.2, 0.25) is 5.88 Å². The summed E-state index contributed by atoms with van der Waals surface area (Å²) >= 11 is 11.8. The van der Waals surface area contributed by atoms with Crippen molar-refractivity contribution in [1.82, 2.24) is 4.98 Å². The van der Waals surface area contributed by atoms with Gasteiger partial charge in [-0.1, -0.05) is 23.2 Å². The summed E-state index contributed by atoms with van der Waals surface area (Å²) in [5.41, 5.74) is 5.85. The lowest BCUT2D eigenvalue weighted by atomic mass is 10.2. The smallest absolute Gasteiger partial charge is 0.230 e. The molecule has 0 atom stereocenters. The van der Waals surface area contributed by atoms with E-state index in [1.54, 1.807) is 36.5 Å². The predicted octanol–water partition coefficient (Wildman–Crippen LogP) is 3.89. The lowest BCUT2D eigenvalue weighted by Gasteiger charge is -2.09. The largest absolute Gasteiger partial charge is 0.437 e. The number of amidine groups is 1. The second-order valence-electron chi connectivity index (χ2n) is 3.45. The maximum Gasteiger partial charge on any atom is 0.230 e. The van der Waals surface area contributed by atoms with Crippen molar-refractivity contribution in [2.45, 2.75) is 0 Å². The average molecular weight is 319 g/mol. The zero-order chi connectivity index (χ0) is 13.1. The van der Waals surface area contributed by atoms with Crippen LogP contribution in [0.2, 0.25) is 10.0 Å². The molecule has 7 heteroatoms. The van der Waals surface area contributed by atoms with E-state index in [-0.39, 0.29) is 24.1 Å². The Labute approximate surface area is 126 Å². The summed E-state index contributed by atoms with van der Waals surface area (Å²) in [6, 6.07) is 8.17. The van der Waals surface area contributed by atoms with Crippen LogP contribution in [0.15, 0.2) is 36.5 Å². The van der Waals surface area contributed by atoms with Gasteiger partial charge in [0.1, 0.15) is 11.6 Å². The zero-order valence-electron chi connectivity index (χ0n) is 9.56. The first kappa shape index (κ1) is 15.6. The fourth-order valence-electron chi connectivity index (χ4n) is 1.34. The molecule has 0 fully saturated rings. The number of nitrogens with two attached hydrogens (primary N) is 1. The normalized spacial score (nSPS) is 9.58. The van der Waals surface area contributed by atoms with E-state index in [0.717, 1.165) is 0 Å². The van der Waals surface area contributed by atoms with E-state index < -0.39 is 0 Å². The highest BCUT2D eigenvalue weighted by molar-refractivity contribution is 6.35. The van der Waals surface area contributed by atoms with Gasteiger partial charge in [0.05, 0.1) is 10.6 Å². The van der Waals surface area contributed by atoms with E-state index in [0.29, 0.717) is 21.4 Å². The molecule has 19 heavy (non-hydrogen) atoms. The Bertz CT molecular complexity index is 605. The third-order valence-corrected chi connectivity index (χ3v) is 2.69. The monoisotopic (exact) mass is 317 g/mol. The molecule has 3 N–H and O–H groups in total. The quantitative estimate of drug-likeness (QED) is 0.666. The predicted molar refractivity (Wildman–Crippen MR) is 79.0 cm³/mol. The number of halogens is 3. The number of hydrogen-bond acceptors (Lipinski definition) is 3. The Morgan fingerprint density at radius 2 is 2.00 bits per heavy atom. The van der Waals surface area contributed by atoms with Crippen molar-refractivity contribution in [1.29, 1.82) is 5.41 Å². The summed E-state index contributed by atoms with van der Waals surface area (Å²) in [4.78, 5) is 4.02. The van der Waals surface area contributed by atoms with Crippen molar-refractivity contribution in [2.24, 2.45) is 5.73 Å². The van der Waals surface area contributed by atoms with Crippen LogP contribution in [-0.2, 0) is 0 Å². The minimum atomic E-state index is -0.122. The van der Waals surface area contributed by atoms with Gasteiger partial charge < -0.3 is 10.5 Å². The van der Waals surface area contributed by atoms with Crippen molar-refractivity contribution in [3.8, 4) is 11.6 Å². The number of benzene rings is 1. The number of pyridine rings is 1. The number of nitrogen functional groups attached to an aromatic ring is 1. The van der Waals surface area contributed by atoms with Crippen molar-refractivity contribution < 1.29 is 4.74 Å². The molecule has 0 saturated heterocycles. The first-order chi connectivity index (χ1) is 8.58. The van der Waals surface area contributed by atoms with Gasteiger partial charge >= 0.3 is 0 Å². The Morgan fingerprint density at radius 1 is 1.26 bits per heavy atom. The van der Waals surface area contributed by atoms with Gasteiger partial charge in [0, 0.05) is 11.2 Å². The van der Waals surface area contributed by atoms with E-state index >= 15 is 0 Å². The highest BCUT2D eigenvalue weighted by Gasteiger charge is 2.10. The standard InChI is InChI=1S/C12H9Cl2N3O.ClH/c13-7-3-4-10(9(14)6-7)18-12-8(11(15)16)2-1-5-17-12;/h1-6H,(H3,15,16);1H. The van der Waals surface area contributed by atoms with E-state index in [1.807, 2.05) is 0 Å².